The molecule has 0 aliphatic carbocycles. The molecule has 0 saturated carbocycles. The Labute approximate surface area is 132 Å². The number of hydrogen-bond donors (Lipinski definition) is 1. The summed E-state index contributed by atoms with van der Waals surface area (Å²) in [4.78, 5) is 0. The number of anilines is 1. The van der Waals surface area contributed by atoms with E-state index in [1.807, 2.05) is 52.0 Å². The summed E-state index contributed by atoms with van der Waals surface area (Å²) < 4.78 is 26.9. The molecule has 2 aromatic carbocycles. The van der Waals surface area contributed by atoms with E-state index in [0.29, 0.717) is 5.69 Å². The molecule has 0 spiro atoms. The average Bonchev–Trinajstić information content (AvgIpc) is 2.36. The zero-order valence-corrected chi connectivity index (χ0v) is 14.2. The van der Waals surface area contributed by atoms with Crippen molar-refractivity contribution in [3.05, 3.63) is 69.6 Å². The summed E-state index contributed by atoms with van der Waals surface area (Å²) in [6.07, 6.45) is 1.65. The minimum atomic E-state index is -3.52. The Morgan fingerprint density at radius 1 is 0.909 bits per heavy atom. The molecule has 3 nitrogen and oxygen atoms in total. The molecule has 2 aromatic rings. The van der Waals surface area contributed by atoms with Crippen LogP contribution in [0.2, 0.25) is 0 Å². The van der Waals surface area contributed by atoms with E-state index >= 15 is 0 Å². The summed E-state index contributed by atoms with van der Waals surface area (Å²) >= 11 is 0. The lowest BCUT2D eigenvalue weighted by Gasteiger charge is -2.08. The molecule has 0 heterocycles. The fourth-order valence-electron chi connectivity index (χ4n) is 2.52. The molecule has 116 valence electrons. The van der Waals surface area contributed by atoms with Gasteiger partial charge in [0.1, 0.15) is 0 Å². The van der Waals surface area contributed by atoms with Gasteiger partial charge in [-0.15, -0.1) is 0 Å². The first kappa shape index (κ1) is 16.3. The van der Waals surface area contributed by atoms with Crippen LogP contribution in [-0.4, -0.2) is 8.42 Å². The van der Waals surface area contributed by atoms with Crippen LogP contribution in [0, 0.1) is 27.7 Å². The number of aryl methyl sites for hydroxylation is 4. The number of nitrogens with one attached hydrogen (secondary N) is 1. The van der Waals surface area contributed by atoms with Crippen molar-refractivity contribution in [2.24, 2.45) is 0 Å². The van der Waals surface area contributed by atoms with Crippen LogP contribution in [0.15, 0.2) is 41.8 Å². The third kappa shape index (κ3) is 4.21. The Morgan fingerprint density at radius 2 is 1.55 bits per heavy atom. The van der Waals surface area contributed by atoms with E-state index in [0.717, 1.165) is 22.3 Å². The number of sulfonamides is 1. The molecule has 0 radical (unpaired) electrons. The molecule has 22 heavy (non-hydrogen) atoms. The predicted octanol–water partition coefficient (Wildman–Crippen LogP) is 4.33. The highest BCUT2D eigenvalue weighted by atomic mass is 32.2. The van der Waals surface area contributed by atoms with Crippen molar-refractivity contribution >= 4 is 21.8 Å². The molecule has 0 amide bonds. The lowest BCUT2D eigenvalue weighted by molar-refractivity contribution is 0.609. The fourth-order valence-corrected chi connectivity index (χ4v) is 3.36. The topological polar surface area (TPSA) is 46.2 Å². The van der Waals surface area contributed by atoms with Gasteiger partial charge in [0, 0.05) is 5.69 Å². The molecule has 0 bridgehead atoms. The van der Waals surface area contributed by atoms with Gasteiger partial charge in [0.05, 0.1) is 5.41 Å². The largest absolute Gasteiger partial charge is 0.280 e. The molecule has 0 atom stereocenters. The SMILES string of the molecule is Cc1cccc(NS(=O)(=O)/C=C/c2c(C)cc(C)cc2C)c1. The zero-order valence-electron chi connectivity index (χ0n) is 13.3. The van der Waals surface area contributed by atoms with Gasteiger partial charge < -0.3 is 0 Å². The summed E-state index contributed by atoms with van der Waals surface area (Å²) in [5.41, 5.74) is 5.84. The number of benzene rings is 2. The van der Waals surface area contributed by atoms with E-state index in [1.54, 1.807) is 18.2 Å². The normalized spacial score (nSPS) is 11.8. The monoisotopic (exact) mass is 315 g/mol. The molecule has 1 N–H and O–H groups in total. The van der Waals surface area contributed by atoms with Crippen molar-refractivity contribution < 1.29 is 8.42 Å². The van der Waals surface area contributed by atoms with Crippen LogP contribution in [0.25, 0.3) is 6.08 Å². The highest BCUT2D eigenvalue weighted by molar-refractivity contribution is 7.95. The molecular formula is C18H21NO2S. The van der Waals surface area contributed by atoms with Crippen molar-refractivity contribution in [2.75, 3.05) is 4.72 Å². The van der Waals surface area contributed by atoms with Crippen molar-refractivity contribution in [3.8, 4) is 0 Å². The van der Waals surface area contributed by atoms with Crippen LogP contribution < -0.4 is 4.72 Å². The van der Waals surface area contributed by atoms with Gasteiger partial charge in [-0.3, -0.25) is 4.72 Å². The number of hydrogen-bond acceptors (Lipinski definition) is 2. The van der Waals surface area contributed by atoms with Crippen LogP contribution in [-0.2, 0) is 10.0 Å². The van der Waals surface area contributed by atoms with Crippen LogP contribution in [0.1, 0.15) is 27.8 Å². The maximum Gasteiger partial charge on any atom is 0.255 e. The van der Waals surface area contributed by atoms with Gasteiger partial charge in [-0.05, 0) is 68.2 Å². The Morgan fingerprint density at radius 3 is 2.14 bits per heavy atom. The zero-order chi connectivity index (χ0) is 16.3. The molecule has 0 aromatic heterocycles. The second-order valence-electron chi connectivity index (χ2n) is 5.63. The van der Waals surface area contributed by atoms with Gasteiger partial charge in [0.25, 0.3) is 10.0 Å². The third-order valence-electron chi connectivity index (χ3n) is 3.43. The van der Waals surface area contributed by atoms with Crippen molar-refractivity contribution in [1.82, 2.24) is 0 Å². The average molecular weight is 315 g/mol. The van der Waals surface area contributed by atoms with E-state index in [4.69, 9.17) is 0 Å². The third-order valence-corrected chi connectivity index (χ3v) is 4.44. The second kappa shape index (κ2) is 6.36. The fraction of sp³-hybridized carbons (Fsp3) is 0.222. The minimum absolute atomic E-state index is 0.571. The summed E-state index contributed by atoms with van der Waals surface area (Å²) in [6, 6.07) is 11.4. The molecule has 0 fully saturated rings. The van der Waals surface area contributed by atoms with Gasteiger partial charge in [-0.1, -0.05) is 29.8 Å². The number of rotatable bonds is 4. The summed E-state index contributed by atoms with van der Waals surface area (Å²) in [5, 5.41) is 1.22. The van der Waals surface area contributed by atoms with Gasteiger partial charge >= 0.3 is 0 Å². The molecular weight excluding hydrogens is 294 g/mol. The van der Waals surface area contributed by atoms with E-state index in [2.05, 4.69) is 4.72 Å². The minimum Gasteiger partial charge on any atom is -0.280 e. The van der Waals surface area contributed by atoms with Gasteiger partial charge in [-0.25, -0.2) is 8.42 Å². The van der Waals surface area contributed by atoms with Gasteiger partial charge in [-0.2, -0.15) is 0 Å². The summed E-state index contributed by atoms with van der Waals surface area (Å²) in [5.74, 6) is 0. The molecule has 0 saturated heterocycles. The standard InChI is InChI=1S/C18H21NO2S/c1-13-6-5-7-17(12-13)19-22(20,21)9-8-18-15(3)10-14(2)11-16(18)4/h5-12,19H,1-4H3/b9-8+. The first-order chi connectivity index (χ1) is 10.3. The predicted molar refractivity (Wildman–Crippen MR) is 93.4 cm³/mol. The van der Waals surface area contributed by atoms with E-state index in [1.165, 1.54) is 11.0 Å². The first-order valence-electron chi connectivity index (χ1n) is 7.12. The quantitative estimate of drug-likeness (QED) is 0.912. The Balaban J connectivity index is 2.25. The molecule has 0 aliphatic rings. The lowest BCUT2D eigenvalue weighted by atomic mass is 10.0. The first-order valence-corrected chi connectivity index (χ1v) is 8.67. The van der Waals surface area contributed by atoms with Crippen LogP contribution in [0.3, 0.4) is 0 Å². The van der Waals surface area contributed by atoms with Gasteiger partial charge in [0.15, 0.2) is 0 Å². The van der Waals surface area contributed by atoms with Crippen LogP contribution >= 0.6 is 0 Å². The van der Waals surface area contributed by atoms with E-state index in [9.17, 15) is 8.42 Å². The van der Waals surface area contributed by atoms with Crippen molar-refractivity contribution in [1.29, 1.82) is 0 Å². The molecule has 0 unspecified atom stereocenters. The smallest absolute Gasteiger partial charge is 0.255 e. The lowest BCUT2D eigenvalue weighted by Crippen LogP contribution is -2.08. The highest BCUT2D eigenvalue weighted by Crippen LogP contribution is 2.19. The maximum absolute atomic E-state index is 12.2. The van der Waals surface area contributed by atoms with Crippen LogP contribution in [0.5, 0.6) is 0 Å². The summed E-state index contributed by atoms with van der Waals surface area (Å²) in [7, 11) is -3.52. The van der Waals surface area contributed by atoms with Crippen molar-refractivity contribution in [3.63, 3.8) is 0 Å². The molecule has 4 heteroatoms. The van der Waals surface area contributed by atoms with Gasteiger partial charge in [0.2, 0.25) is 0 Å². The highest BCUT2D eigenvalue weighted by Gasteiger charge is 2.07. The van der Waals surface area contributed by atoms with E-state index in [-0.39, 0.29) is 0 Å². The Kier molecular flexibility index (Phi) is 4.71. The second-order valence-corrected chi connectivity index (χ2v) is 7.20. The molecule has 2 rings (SSSR count). The summed E-state index contributed by atoms with van der Waals surface area (Å²) in [6.45, 7) is 7.93. The molecule has 0 aliphatic heterocycles. The van der Waals surface area contributed by atoms with Crippen LogP contribution in [0.4, 0.5) is 5.69 Å². The van der Waals surface area contributed by atoms with Crippen molar-refractivity contribution in [2.45, 2.75) is 27.7 Å². The Bertz CT molecular complexity index is 798. The van der Waals surface area contributed by atoms with E-state index < -0.39 is 10.0 Å². The maximum atomic E-state index is 12.2. The Hall–Kier alpha value is -2.07.